The number of aliphatic hydroxyl groups is 1. The molecular formula is C30H45NO2. The standard InChI is InChI=1S/C30H45NO2/c1-20(2)31-18-25(32)19-33-28-26(29(5,6)7)16-24(17-27(28)30(8,9)10)14-13-23-12-11-21(3)22(4)15-23/h11-17,20,25,31-32H,18-19H2,1-10H3/b14-13+. The first-order valence-corrected chi connectivity index (χ1v) is 12.2. The highest BCUT2D eigenvalue weighted by Gasteiger charge is 2.28. The molecule has 2 aromatic rings. The van der Waals surface area contributed by atoms with Crippen LogP contribution in [0.2, 0.25) is 0 Å². The van der Waals surface area contributed by atoms with E-state index in [0.29, 0.717) is 12.6 Å². The van der Waals surface area contributed by atoms with Crippen LogP contribution in [0.15, 0.2) is 30.3 Å². The molecule has 0 heterocycles. The van der Waals surface area contributed by atoms with E-state index >= 15 is 0 Å². The minimum absolute atomic E-state index is 0.0965. The molecule has 0 saturated heterocycles. The van der Waals surface area contributed by atoms with Gasteiger partial charge in [-0.3, -0.25) is 0 Å². The topological polar surface area (TPSA) is 41.5 Å². The summed E-state index contributed by atoms with van der Waals surface area (Å²) < 4.78 is 6.35. The van der Waals surface area contributed by atoms with Gasteiger partial charge in [0.25, 0.3) is 0 Å². The molecule has 0 saturated carbocycles. The second kappa shape index (κ2) is 10.9. The molecule has 0 aliphatic rings. The van der Waals surface area contributed by atoms with Crippen molar-refractivity contribution in [2.45, 2.75) is 92.2 Å². The van der Waals surface area contributed by atoms with Crippen molar-refractivity contribution in [3.63, 3.8) is 0 Å². The van der Waals surface area contributed by atoms with E-state index in [0.717, 1.165) is 11.3 Å². The quantitative estimate of drug-likeness (QED) is 0.433. The van der Waals surface area contributed by atoms with Gasteiger partial charge in [-0.15, -0.1) is 0 Å². The van der Waals surface area contributed by atoms with Gasteiger partial charge in [0.15, 0.2) is 0 Å². The minimum Gasteiger partial charge on any atom is -0.490 e. The Bertz CT molecular complexity index is 923. The van der Waals surface area contributed by atoms with Crippen molar-refractivity contribution in [1.82, 2.24) is 5.32 Å². The normalized spacial score (nSPS) is 13.7. The summed E-state index contributed by atoms with van der Waals surface area (Å²) in [5, 5.41) is 13.7. The van der Waals surface area contributed by atoms with Crippen molar-refractivity contribution in [3.05, 3.63) is 63.7 Å². The first-order chi connectivity index (χ1) is 15.2. The number of aliphatic hydroxyl groups excluding tert-OH is 1. The lowest BCUT2D eigenvalue weighted by atomic mass is 9.78. The van der Waals surface area contributed by atoms with E-state index in [4.69, 9.17) is 4.74 Å². The van der Waals surface area contributed by atoms with Crippen LogP contribution in [0.5, 0.6) is 5.75 Å². The Morgan fingerprint density at radius 2 is 1.39 bits per heavy atom. The smallest absolute Gasteiger partial charge is 0.126 e. The van der Waals surface area contributed by atoms with Crippen molar-refractivity contribution >= 4 is 12.2 Å². The lowest BCUT2D eigenvalue weighted by molar-refractivity contribution is 0.102. The van der Waals surface area contributed by atoms with Gasteiger partial charge in [0.1, 0.15) is 18.5 Å². The fourth-order valence-electron chi connectivity index (χ4n) is 3.69. The second-order valence-electron chi connectivity index (χ2n) is 11.6. The molecule has 2 N–H and O–H groups in total. The molecule has 0 aromatic heterocycles. The van der Waals surface area contributed by atoms with E-state index in [-0.39, 0.29) is 17.4 Å². The van der Waals surface area contributed by atoms with Gasteiger partial charge in [-0.25, -0.2) is 0 Å². The van der Waals surface area contributed by atoms with E-state index < -0.39 is 6.10 Å². The fourth-order valence-corrected chi connectivity index (χ4v) is 3.69. The van der Waals surface area contributed by atoms with E-state index in [1.165, 1.54) is 27.8 Å². The zero-order valence-electron chi connectivity index (χ0n) is 22.5. The third-order valence-electron chi connectivity index (χ3n) is 5.91. The molecule has 2 rings (SSSR count). The van der Waals surface area contributed by atoms with Crippen LogP contribution in [0.4, 0.5) is 0 Å². The molecule has 1 atom stereocenters. The zero-order valence-corrected chi connectivity index (χ0v) is 22.5. The number of benzene rings is 2. The molecule has 3 heteroatoms. The third kappa shape index (κ3) is 8.01. The van der Waals surface area contributed by atoms with Crippen LogP contribution in [-0.2, 0) is 10.8 Å². The van der Waals surface area contributed by atoms with Gasteiger partial charge in [-0.05, 0) is 59.1 Å². The minimum atomic E-state index is -0.558. The van der Waals surface area contributed by atoms with Gasteiger partial charge in [0.05, 0.1) is 0 Å². The van der Waals surface area contributed by atoms with E-state index in [9.17, 15) is 5.11 Å². The molecule has 0 aliphatic heterocycles. The third-order valence-corrected chi connectivity index (χ3v) is 5.91. The maximum atomic E-state index is 10.5. The summed E-state index contributed by atoms with van der Waals surface area (Å²) in [4.78, 5) is 0. The monoisotopic (exact) mass is 451 g/mol. The fraction of sp³-hybridized carbons (Fsp3) is 0.533. The maximum Gasteiger partial charge on any atom is 0.126 e. The Labute approximate surface area is 202 Å². The summed E-state index contributed by atoms with van der Waals surface area (Å²) >= 11 is 0. The highest BCUT2D eigenvalue weighted by atomic mass is 16.5. The van der Waals surface area contributed by atoms with Crippen LogP contribution in [0, 0.1) is 13.8 Å². The number of aryl methyl sites for hydroxylation is 2. The number of hydrogen-bond acceptors (Lipinski definition) is 3. The number of rotatable bonds is 8. The molecule has 0 spiro atoms. The Balaban J connectivity index is 2.46. The van der Waals surface area contributed by atoms with Crippen LogP contribution < -0.4 is 10.1 Å². The van der Waals surface area contributed by atoms with Gasteiger partial charge >= 0.3 is 0 Å². The molecule has 33 heavy (non-hydrogen) atoms. The van der Waals surface area contributed by atoms with Gasteiger partial charge in [-0.2, -0.15) is 0 Å². The van der Waals surface area contributed by atoms with Crippen molar-refractivity contribution in [2.24, 2.45) is 0 Å². The Hall–Kier alpha value is -2.10. The molecule has 0 amide bonds. The van der Waals surface area contributed by atoms with Gasteiger partial charge in [-0.1, -0.05) is 85.7 Å². The maximum absolute atomic E-state index is 10.5. The lowest BCUT2D eigenvalue weighted by Gasteiger charge is -2.31. The van der Waals surface area contributed by atoms with Crippen LogP contribution in [0.3, 0.4) is 0 Å². The average molecular weight is 452 g/mol. The van der Waals surface area contributed by atoms with Gasteiger partial charge in [0.2, 0.25) is 0 Å². The van der Waals surface area contributed by atoms with Crippen molar-refractivity contribution in [2.75, 3.05) is 13.2 Å². The highest BCUT2D eigenvalue weighted by Crippen LogP contribution is 2.41. The van der Waals surface area contributed by atoms with Crippen LogP contribution in [0.1, 0.15) is 88.8 Å². The van der Waals surface area contributed by atoms with E-state index in [2.05, 4.69) is 117 Å². The summed E-state index contributed by atoms with van der Waals surface area (Å²) in [6.45, 7) is 22.5. The predicted octanol–water partition coefficient (Wildman–Crippen LogP) is 6.81. The molecule has 2 aromatic carbocycles. The van der Waals surface area contributed by atoms with Crippen LogP contribution in [-0.4, -0.2) is 30.4 Å². The SMILES string of the molecule is Cc1ccc(/C=C/c2cc(C(C)(C)C)c(OCC(O)CNC(C)C)c(C(C)(C)C)c2)cc1C. The molecule has 0 aliphatic carbocycles. The second-order valence-corrected chi connectivity index (χ2v) is 11.6. The number of hydrogen-bond donors (Lipinski definition) is 2. The Morgan fingerprint density at radius 1 is 0.848 bits per heavy atom. The van der Waals surface area contributed by atoms with Gasteiger partial charge in [0, 0.05) is 23.7 Å². The largest absolute Gasteiger partial charge is 0.490 e. The van der Waals surface area contributed by atoms with Crippen molar-refractivity contribution < 1.29 is 9.84 Å². The molecule has 1 unspecified atom stereocenters. The van der Waals surface area contributed by atoms with Crippen molar-refractivity contribution in [1.29, 1.82) is 0 Å². The molecule has 0 bridgehead atoms. The Morgan fingerprint density at radius 3 is 1.88 bits per heavy atom. The summed E-state index contributed by atoms with van der Waals surface area (Å²) in [5.41, 5.74) is 7.12. The van der Waals surface area contributed by atoms with Gasteiger partial charge < -0.3 is 15.2 Å². The summed E-state index contributed by atoms with van der Waals surface area (Å²) in [6, 6.07) is 11.4. The van der Waals surface area contributed by atoms with Crippen molar-refractivity contribution in [3.8, 4) is 5.75 Å². The first kappa shape index (κ1) is 27.1. The molecule has 0 radical (unpaired) electrons. The molecular weight excluding hydrogens is 406 g/mol. The zero-order chi connectivity index (χ0) is 25.0. The molecule has 0 fully saturated rings. The lowest BCUT2D eigenvalue weighted by Crippen LogP contribution is -2.35. The Kier molecular flexibility index (Phi) is 8.95. The predicted molar refractivity (Wildman–Crippen MR) is 143 cm³/mol. The van der Waals surface area contributed by atoms with Crippen LogP contribution >= 0.6 is 0 Å². The number of nitrogens with one attached hydrogen (secondary N) is 1. The number of ether oxygens (including phenoxy) is 1. The van der Waals surface area contributed by atoms with E-state index in [1.54, 1.807) is 0 Å². The van der Waals surface area contributed by atoms with Crippen LogP contribution in [0.25, 0.3) is 12.2 Å². The van der Waals surface area contributed by atoms with E-state index in [1.807, 2.05) is 0 Å². The molecule has 182 valence electrons. The summed E-state index contributed by atoms with van der Waals surface area (Å²) in [7, 11) is 0. The summed E-state index contributed by atoms with van der Waals surface area (Å²) in [5.74, 6) is 0.905. The average Bonchev–Trinajstić information content (AvgIpc) is 2.69. The highest BCUT2D eigenvalue weighted by molar-refractivity contribution is 5.72. The summed E-state index contributed by atoms with van der Waals surface area (Å²) in [6.07, 6.45) is 3.82. The molecule has 3 nitrogen and oxygen atoms in total. The first-order valence-electron chi connectivity index (χ1n) is 12.2.